The average Bonchev–Trinajstić information content (AvgIpc) is 3.74. The Bertz CT molecular complexity index is 1780. The number of aromatic nitrogens is 1. The molecule has 0 unspecified atom stereocenters. The fourth-order valence-electron chi connectivity index (χ4n) is 4.87. The lowest BCUT2D eigenvalue weighted by atomic mass is 9.93. The van der Waals surface area contributed by atoms with Gasteiger partial charge in [0.1, 0.15) is 17.1 Å². The number of benzene rings is 3. The molecule has 2 aromatic heterocycles. The molecule has 2 N–H and O–H groups in total. The number of carboxylic acid groups (broad SMARTS) is 1. The summed E-state index contributed by atoms with van der Waals surface area (Å²) < 4.78 is 45.5. The van der Waals surface area contributed by atoms with Crippen molar-refractivity contribution in [2.75, 3.05) is 5.32 Å². The minimum absolute atomic E-state index is 0.0294. The van der Waals surface area contributed by atoms with E-state index in [1.54, 1.807) is 0 Å². The van der Waals surface area contributed by atoms with Gasteiger partial charge < -0.3 is 9.84 Å². The fourth-order valence-corrected chi connectivity index (χ4v) is 6.01. The van der Waals surface area contributed by atoms with Crippen LogP contribution in [-0.4, -0.2) is 22.2 Å². The number of amides is 1. The molecule has 42 heavy (non-hydrogen) atoms. The minimum Gasteiger partial charge on any atom is -0.481 e. The van der Waals surface area contributed by atoms with E-state index in [2.05, 4.69) is 10.3 Å². The van der Waals surface area contributed by atoms with Gasteiger partial charge >= 0.3 is 18.2 Å². The second-order valence-electron chi connectivity index (χ2n) is 10.1. The molecule has 5 aromatic rings. The van der Waals surface area contributed by atoms with E-state index in [-0.39, 0.29) is 11.4 Å². The van der Waals surface area contributed by atoms with Crippen LogP contribution >= 0.6 is 11.3 Å². The zero-order valence-corrected chi connectivity index (χ0v) is 22.8. The molecule has 0 saturated heterocycles. The predicted octanol–water partition coefficient (Wildman–Crippen LogP) is 8.51. The van der Waals surface area contributed by atoms with Crippen LogP contribution in [0.2, 0.25) is 0 Å². The molecule has 6 nitrogen and oxygen atoms in total. The maximum atomic E-state index is 13.4. The van der Waals surface area contributed by atoms with E-state index in [9.17, 15) is 27.9 Å². The van der Waals surface area contributed by atoms with Crippen LogP contribution in [0.3, 0.4) is 0 Å². The summed E-state index contributed by atoms with van der Waals surface area (Å²) in [4.78, 5) is 28.9. The monoisotopic (exact) mass is 588 g/mol. The number of fused-ring (bicyclic) bond motifs is 1. The summed E-state index contributed by atoms with van der Waals surface area (Å²) in [7, 11) is 0. The molecule has 3 aromatic carbocycles. The number of rotatable bonds is 7. The van der Waals surface area contributed by atoms with Crippen molar-refractivity contribution in [3.63, 3.8) is 0 Å². The van der Waals surface area contributed by atoms with Crippen molar-refractivity contribution in [1.29, 1.82) is 0 Å². The van der Waals surface area contributed by atoms with Crippen LogP contribution in [0.25, 0.3) is 31.8 Å². The van der Waals surface area contributed by atoms with Crippen LogP contribution < -0.4 is 5.32 Å². The zero-order valence-electron chi connectivity index (χ0n) is 21.9. The number of carboxylic acids is 1. The highest BCUT2D eigenvalue weighted by atomic mass is 32.1. The highest BCUT2D eigenvalue weighted by Gasteiger charge is 2.51. The van der Waals surface area contributed by atoms with E-state index in [1.165, 1.54) is 6.07 Å². The Morgan fingerprint density at radius 3 is 2.10 bits per heavy atom. The van der Waals surface area contributed by atoms with Gasteiger partial charge in [-0.25, -0.2) is 9.78 Å². The van der Waals surface area contributed by atoms with Crippen molar-refractivity contribution in [1.82, 2.24) is 4.98 Å². The largest absolute Gasteiger partial charge is 0.481 e. The molecule has 0 spiro atoms. The van der Waals surface area contributed by atoms with E-state index in [4.69, 9.17) is 4.74 Å². The molecule has 0 atom stereocenters. The standard InChI is InChI=1S/C32H23F3N2O4S/c33-32(34,35)25-15-14-24-26(37-30(40)41-18-19-4-2-1-3-5-19)27(42-28(24)36-25)22-8-6-20(7-9-22)21-10-12-23(13-11-21)31(16-17-31)29(38)39/h1-15H,16-18H2,(H,37,40)(H,38,39). The summed E-state index contributed by atoms with van der Waals surface area (Å²) in [6.45, 7) is 0.0294. The second kappa shape index (κ2) is 10.6. The summed E-state index contributed by atoms with van der Waals surface area (Å²) in [5.41, 5.74) is 2.52. The number of nitrogens with zero attached hydrogens (tertiary/aromatic N) is 1. The number of anilines is 1. The van der Waals surface area contributed by atoms with Gasteiger partial charge in [-0.05, 0) is 52.8 Å². The molecule has 1 aliphatic rings. The van der Waals surface area contributed by atoms with E-state index < -0.39 is 29.3 Å². The third-order valence-corrected chi connectivity index (χ3v) is 8.51. The summed E-state index contributed by atoms with van der Waals surface area (Å²) in [6.07, 6.45) is -4.10. The number of hydrogen-bond donors (Lipinski definition) is 2. The first-order valence-corrected chi connectivity index (χ1v) is 13.9. The number of nitrogens with one attached hydrogen (secondary N) is 1. The number of alkyl halides is 3. The minimum atomic E-state index is -4.61. The Hall–Kier alpha value is -4.70. The van der Waals surface area contributed by atoms with E-state index in [0.29, 0.717) is 34.4 Å². The molecular weight excluding hydrogens is 565 g/mol. The molecule has 10 heteroatoms. The third-order valence-electron chi connectivity index (χ3n) is 7.36. The van der Waals surface area contributed by atoms with Crippen LogP contribution in [0.5, 0.6) is 0 Å². The van der Waals surface area contributed by atoms with Crippen molar-refractivity contribution in [3.05, 3.63) is 108 Å². The van der Waals surface area contributed by atoms with Gasteiger partial charge in [-0.1, -0.05) is 78.9 Å². The van der Waals surface area contributed by atoms with Crippen molar-refractivity contribution >= 4 is 39.3 Å². The van der Waals surface area contributed by atoms with Gasteiger partial charge in [-0.2, -0.15) is 13.2 Å². The Morgan fingerprint density at radius 1 is 0.881 bits per heavy atom. The second-order valence-corrected chi connectivity index (χ2v) is 11.1. The van der Waals surface area contributed by atoms with Gasteiger partial charge in [0.05, 0.1) is 16.0 Å². The predicted molar refractivity (Wildman–Crippen MR) is 154 cm³/mol. The van der Waals surface area contributed by atoms with Crippen LogP contribution in [0.4, 0.5) is 23.7 Å². The lowest BCUT2D eigenvalue weighted by Gasteiger charge is -2.12. The van der Waals surface area contributed by atoms with Crippen LogP contribution in [0.1, 0.15) is 29.7 Å². The molecule has 1 amide bonds. The first kappa shape index (κ1) is 27.5. The van der Waals surface area contributed by atoms with Crippen molar-refractivity contribution < 1.29 is 32.6 Å². The first-order valence-electron chi connectivity index (χ1n) is 13.1. The number of carbonyl (C=O) groups is 2. The van der Waals surface area contributed by atoms with Gasteiger partial charge in [0.2, 0.25) is 0 Å². The number of pyridine rings is 1. The topological polar surface area (TPSA) is 88.5 Å². The lowest BCUT2D eigenvalue weighted by molar-refractivity contribution is -0.141. The summed E-state index contributed by atoms with van der Waals surface area (Å²) >= 11 is 1.04. The summed E-state index contributed by atoms with van der Waals surface area (Å²) in [5.74, 6) is -0.812. The van der Waals surface area contributed by atoms with Crippen LogP contribution in [0, 0.1) is 0 Å². The first-order chi connectivity index (χ1) is 20.1. The zero-order chi connectivity index (χ0) is 29.5. The van der Waals surface area contributed by atoms with Crippen molar-refractivity contribution in [2.45, 2.75) is 31.0 Å². The maximum Gasteiger partial charge on any atom is 0.433 e. The highest BCUT2D eigenvalue weighted by Crippen LogP contribution is 2.49. The highest BCUT2D eigenvalue weighted by molar-refractivity contribution is 7.22. The molecule has 0 aliphatic heterocycles. The molecule has 1 saturated carbocycles. The molecule has 6 rings (SSSR count). The third kappa shape index (κ3) is 5.33. The SMILES string of the molecule is O=C(Nc1c(-c2ccc(-c3ccc(C4(C(=O)O)CC4)cc3)cc2)sc2nc(C(F)(F)F)ccc12)OCc1ccccc1. The van der Waals surface area contributed by atoms with Crippen LogP contribution in [-0.2, 0) is 27.7 Å². The molecular formula is C32H23F3N2O4S. The number of ether oxygens (including phenoxy) is 1. The number of halogens is 3. The van der Waals surface area contributed by atoms with Gasteiger partial charge in [0.15, 0.2) is 0 Å². The van der Waals surface area contributed by atoms with Crippen LogP contribution in [0.15, 0.2) is 91.0 Å². The number of thiophene rings is 1. The number of carbonyl (C=O) groups excluding carboxylic acids is 1. The Labute approximate surface area is 242 Å². The fraction of sp³-hybridized carbons (Fsp3) is 0.156. The number of aliphatic carboxylic acids is 1. The summed E-state index contributed by atoms with van der Waals surface area (Å²) in [5, 5.41) is 12.6. The Balaban J connectivity index is 1.30. The van der Waals surface area contributed by atoms with E-state index in [0.717, 1.165) is 39.7 Å². The van der Waals surface area contributed by atoms with E-state index in [1.807, 2.05) is 78.9 Å². The van der Waals surface area contributed by atoms with Gasteiger partial charge in [-0.15, -0.1) is 11.3 Å². The maximum absolute atomic E-state index is 13.4. The smallest absolute Gasteiger partial charge is 0.433 e. The van der Waals surface area contributed by atoms with E-state index >= 15 is 0 Å². The molecule has 1 fully saturated rings. The van der Waals surface area contributed by atoms with Gasteiger partial charge in [0, 0.05) is 5.39 Å². The lowest BCUT2D eigenvalue weighted by Crippen LogP contribution is -2.19. The Kier molecular flexibility index (Phi) is 6.94. The van der Waals surface area contributed by atoms with Gasteiger partial charge in [-0.3, -0.25) is 10.1 Å². The molecule has 0 radical (unpaired) electrons. The van der Waals surface area contributed by atoms with Gasteiger partial charge in [0.25, 0.3) is 0 Å². The van der Waals surface area contributed by atoms with Crippen molar-refractivity contribution in [3.8, 4) is 21.6 Å². The van der Waals surface area contributed by atoms with Crippen molar-refractivity contribution in [2.24, 2.45) is 0 Å². The molecule has 212 valence electrons. The molecule has 2 heterocycles. The average molecular weight is 589 g/mol. The Morgan fingerprint density at radius 2 is 1.50 bits per heavy atom. The number of hydrogen-bond acceptors (Lipinski definition) is 5. The quantitative estimate of drug-likeness (QED) is 0.199. The molecule has 0 bridgehead atoms. The molecule has 1 aliphatic carbocycles. The normalized spacial score (nSPS) is 14.0. The summed E-state index contributed by atoms with van der Waals surface area (Å²) in [6, 6.07) is 26.1.